The third kappa shape index (κ3) is 3.23. The molecule has 1 atom stereocenters. The Labute approximate surface area is 121 Å². The minimum Gasteiger partial charge on any atom is -0.394 e. The fraction of sp³-hybridized carbons (Fsp3) is 0.154. The van der Waals surface area contributed by atoms with Crippen LogP contribution in [-0.2, 0) is 10.0 Å². The lowest BCUT2D eigenvalue weighted by atomic mass is 10.1. The van der Waals surface area contributed by atoms with Crippen molar-refractivity contribution >= 4 is 21.4 Å². The number of nitrogens with one attached hydrogen (secondary N) is 1. The average Bonchev–Trinajstić information content (AvgIpc) is 2.95. The highest BCUT2D eigenvalue weighted by atomic mass is 32.2. The molecule has 0 aliphatic heterocycles. The Morgan fingerprint density at radius 1 is 1.25 bits per heavy atom. The van der Waals surface area contributed by atoms with E-state index in [-0.39, 0.29) is 10.8 Å². The third-order valence-electron chi connectivity index (χ3n) is 2.64. The van der Waals surface area contributed by atoms with Crippen molar-refractivity contribution in [3.63, 3.8) is 0 Å². The van der Waals surface area contributed by atoms with E-state index in [4.69, 9.17) is 5.26 Å². The Balaban J connectivity index is 2.25. The summed E-state index contributed by atoms with van der Waals surface area (Å²) in [6.07, 6.45) is 0. The van der Waals surface area contributed by atoms with Gasteiger partial charge in [0.25, 0.3) is 10.0 Å². The summed E-state index contributed by atoms with van der Waals surface area (Å²) in [7, 11) is -3.75. The van der Waals surface area contributed by atoms with Crippen molar-refractivity contribution in [3.8, 4) is 6.07 Å². The SMILES string of the molecule is N#Cc1ccc(S(=O)(=O)NC(CO)c2ccccc2)s1. The van der Waals surface area contributed by atoms with Gasteiger partial charge in [-0.25, -0.2) is 13.1 Å². The minimum absolute atomic E-state index is 0.0587. The molecule has 1 aromatic carbocycles. The topological polar surface area (TPSA) is 90.2 Å². The lowest BCUT2D eigenvalue weighted by Gasteiger charge is -2.16. The molecule has 1 unspecified atom stereocenters. The highest BCUT2D eigenvalue weighted by molar-refractivity contribution is 7.91. The molecule has 0 saturated heterocycles. The molecule has 0 spiro atoms. The number of hydrogen-bond donors (Lipinski definition) is 2. The zero-order chi connectivity index (χ0) is 14.6. The van der Waals surface area contributed by atoms with Gasteiger partial charge >= 0.3 is 0 Å². The first-order valence-electron chi connectivity index (χ1n) is 5.75. The van der Waals surface area contributed by atoms with Gasteiger partial charge in [0.1, 0.15) is 15.2 Å². The second-order valence-corrected chi connectivity index (χ2v) is 7.02. The molecule has 0 aliphatic rings. The lowest BCUT2D eigenvalue weighted by molar-refractivity contribution is 0.259. The average molecular weight is 308 g/mol. The molecule has 0 fully saturated rings. The fourth-order valence-electron chi connectivity index (χ4n) is 1.67. The lowest BCUT2D eigenvalue weighted by Crippen LogP contribution is -2.30. The number of nitriles is 1. The molecule has 20 heavy (non-hydrogen) atoms. The molecule has 1 aromatic heterocycles. The van der Waals surface area contributed by atoms with Gasteiger partial charge in [0.15, 0.2) is 0 Å². The maximum atomic E-state index is 12.2. The van der Waals surface area contributed by atoms with Gasteiger partial charge in [-0.05, 0) is 17.7 Å². The van der Waals surface area contributed by atoms with E-state index in [1.54, 1.807) is 24.3 Å². The van der Waals surface area contributed by atoms with Crippen molar-refractivity contribution < 1.29 is 13.5 Å². The van der Waals surface area contributed by atoms with Crippen LogP contribution in [0.15, 0.2) is 46.7 Å². The quantitative estimate of drug-likeness (QED) is 0.878. The first-order valence-corrected chi connectivity index (χ1v) is 8.05. The number of thiophene rings is 1. The zero-order valence-corrected chi connectivity index (χ0v) is 12.0. The molecule has 2 N–H and O–H groups in total. The van der Waals surface area contributed by atoms with Crippen molar-refractivity contribution in [2.24, 2.45) is 0 Å². The highest BCUT2D eigenvalue weighted by Crippen LogP contribution is 2.23. The van der Waals surface area contributed by atoms with Crippen LogP contribution in [0.3, 0.4) is 0 Å². The number of benzene rings is 1. The summed E-state index contributed by atoms with van der Waals surface area (Å²) in [4.78, 5) is 0.325. The maximum absolute atomic E-state index is 12.2. The van der Waals surface area contributed by atoms with Crippen molar-refractivity contribution in [3.05, 3.63) is 52.9 Å². The van der Waals surface area contributed by atoms with Crippen molar-refractivity contribution in [1.82, 2.24) is 4.72 Å². The number of hydrogen-bond acceptors (Lipinski definition) is 5. The monoisotopic (exact) mass is 308 g/mol. The van der Waals surface area contributed by atoms with Gasteiger partial charge in [0.05, 0.1) is 12.6 Å². The summed E-state index contributed by atoms with van der Waals surface area (Å²) in [5.74, 6) is 0. The molecule has 0 radical (unpaired) electrons. The molecule has 2 aromatic rings. The summed E-state index contributed by atoms with van der Waals surface area (Å²) >= 11 is 0.894. The van der Waals surface area contributed by atoms with Crippen LogP contribution in [-0.4, -0.2) is 20.1 Å². The van der Waals surface area contributed by atoms with Crippen LogP contribution in [0, 0.1) is 11.3 Å². The summed E-state index contributed by atoms with van der Waals surface area (Å²) in [6, 6.07) is 12.8. The molecule has 7 heteroatoms. The largest absolute Gasteiger partial charge is 0.394 e. The summed E-state index contributed by atoms with van der Waals surface area (Å²) in [6.45, 7) is -0.347. The van der Waals surface area contributed by atoms with Crippen LogP contribution in [0.5, 0.6) is 0 Å². The normalized spacial score (nSPS) is 12.8. The second kappa shape index (κ2) is 6.15. The maximum Gasteiger partial charge on any atom is 0.250 e. The number of aliphatic hydroxyl groups excluding tert-OH is 1. The van der Waals surface area contributed by atoms with Gasteiger partial charge in [0, 0.05) is 0 Å². The van der Waals surface area contributed by atoms with Crippen molar-refractivity contribution in [2.45, 2.75) is 10.3 Å². The Hall–Kier alpha value is -1.72. The fourth-order valence-corrected chi connectivity index (χ4v) is 4.00. The van der Waals surface area contributed by atoms with Crippen LogP contribution in [0.25, 0.3) is 0 Å². The van der Waals surface area contributed by atoms with Gasteiger partial charge < -0.3 is 5.11 Å². The van der Waals surface area contributed by atoms with E-state index in [0.717, 1.165) is 11.3 Å². The van der Waals surface area contributed by atoms with Crippen LogP contribution in [0.2, 0.25) is 0 Å². The Kier molecular flexibility index (Phi) is 4.52. The van der Waals surface area contributed by atoms with Crippen molar-refractivity contribution in [1.29, 1.82) is 5.26 Å². The second-order valence-electron chi connectivity index (χ2n) is 4.00. The number of aliphatic hydroxyl groups is 1. The number of sulfonamides is 1. The van der Waals surface area contributed by atoms with E-state index >= 15 is 0 Å². The zero-order valence-electron chi connectivity index (χ0n) is 10.4. The van der Waals surface area contributed by atoms with Crippen molar-refractivity contribution in [2.75, 3.05) is 6.61 Å². The molecule has 0 saturated carbocycles. The molecular formula is C13H12N2O3S2. The Morgan fingerprint density at radius 2 is 1.95 bits per heavy atom. The molecule has 2 rings (SSSR count). The first-order chi connectivity index (χ1) is 9.56. The number of rotatable bonds is 5. The van der Waals surface area contributed by atoms with Gasteiger partial charge in [-0.15, -0.1) is 11.3 Å². The number of nitrogens with zero attached hydrogens (tertiary/aromatic N) is 1. The molecule has 104 valence electrons. The van der Waals surface area contributed by atoms with Crippen LogP contribution < -0.4 is 4.72 Å². The van der Waals surface area contributed by atoms with Crippen LogP contribution in [0.4, 0.5) is 0 Å². The minimum atomic E-state index is -3.75. The molecule has 0 amide bonds. The molecular weight excluding hydrogens is 296 g/mol. The van der Waals surface area contributed by atoms with E-state index < -0.39 is 16.1 Å². The van der Waals surface area contributed by atoms with Crippen LogP contribution in [0.1, 0.15) is 16.5 Å². The van der Waals surface area contributed by atoms with E-state index in [2.05, 4.69) is 4.72 Å². The molecule has 1 heterocycles. The third-order valence-corrected chi connectivity index (χ3v) is 5.59. The summed E-state index contributed by atoms with van der Waals surface area (Å²) < 4.78 is 26.9. The van der Waals surface area contributed by atoms with E-state index in [9.17, 15) is 13.5 Å². The Morgan fingerprint density at radius 3 is 2.50 bits per heavy atom. The van der Waals surface area contributed by atoms with Gasteiger partial charge in [-0.3, -0.25) is 0 Å². The Bertz CT molecular complexity index is 718. The van der Waals surface area contributed by atoms with E-state index in [0.29, 0.717) is 10.4 Å². The summed E-state index contributed by atoms with van der Waals surface area (Å²) in [5, 5.41) is 18.1. The molecule has 0 aliphatic carbocycles. The highest BCUT2D eigenvalue weighted by Gasteiger charge is 2.22. The summed E-state index contributed by atoms with van der Waals surface area (Å²) in [5.41, 5.74) is 0.677. The predicted molar refractivity (Wildman–Crippen MR) is 75.6 cm³/mol. The molecule has 0 bridgehead atoms. The standard InChI is InChI=1S/C13H12N2O3S2/c14-8-11-6-7-13(19-11)20(17,18)15-12(9-16)10-4-2-1-3-5-10/h1-7,12,15-16H,9H2. The van der Waals surface area contributed by atoms with Gasteiger partial charge in [-0.2, -0.15) is 5.26 Å². The van der Waals surface area contributed by atoms with Gasteiger partial charge in [0.2, 0.25) is 0 Å². The van der Waals surface area contributed by atoms with E-state index in [1.165, 1.54) is 12.1 Å². The first kappa shape index (κ1) is 14.7. The smallest absolute Gasteiger partial charge is 0.250 e. The van der Waals surface area contributed by atoms with E-state index in [1.807, 2.05) is 12.1 Å². The van der Waals surface area contributed by atoms with Crippen LogP contribution >= 0.6 is 11.3 Å². The predicted octanol–water partition coefficient (Wildman–Crippen LogP) is 1.63. The van der Waals surface area contributed by atoms with Gasteiger partial charge in [-0.1, -0.05) is 30.3 Å². The molecule has 5 nitrogen and oxygen atoms in total.